The lowest BCUT2D eigenvalue weighted by atomic mass is 9.67. The van der Waals surface area contributed by atoms with Crippen molar-refractivity contribution in [2.24, 2.45) is 11.3 Å². The van der Waals surface area contributed by atoms with E-state index in [4.69, 9.17) is 4.74 Å². The standard InChI is InChI=1S/C19H28N2O2S/c1-21(12-14-7-8-17(24-3)16(10-14)23-2)18(22)19-9-5-4-6-15(19)11-20-13-19/h7-8,10,15,20H,4-6,9,11-13H2,1-3H3/t15-,19+/m0/s1. The van der Waals surface area contributed by atoms with Crippen molar-refractivity contribution in [1.29, 1.82) is 0 Å². The van der Waals surface area contributed by atoms with Gasteiger partial charge in [0, 0.05) is 25.0 Å². The maximum absolute atomic E-state index is 13.2. The Bertz CT molecular complexity index is 607. The highest BCUT2D eigenvalue weighted by Crippen LogP contribution is 2.45. The fourth-order valence-corrected chi connectivity index (χ4v) is 4.92. The van der Waals surface area contributed by atoms with Crippen LogP contribution < -0.4 is 10.1 Å². The third-order valence-electron chi connectivity index (χ3n) is 5.68. The molecule has 132 valence electrons. The zero-order valence-corrected chi connectivity index (χ0v) is 15.7. The number of hydrogen-bond acceptors (Lipinski definition) is 4. The normalized spacial score (nSPS) is 26.0. The van der Waals surface area contributed by atoms with Crippen LogP contribution >= 0.6 is 11.8 Å². The topological polar surface area (TPSA) is 41.6 Å². The van der Waals surface area contributed by atoms with Crippen molar-refractivity contribution in [2.75, 3.05) is 33.5 Å². The van der Waals surface area contributed by atoms with E-state index < -0.39 is 0 Å². The van der Waals surface area contributed by atoms with Crippen molar-refractivity contribution in [1.82, 2.24) is 10.2 Å². The van der Waals surface area contributed by atoms with Crippen molar-refractivity contribution >= 4 is 17.7 Å². The highest BCUT2D eigenvalue weighted by molar-refractivity contribution is 7.98. The van der Waals surface area contributed by atoms with Crippen LogP contribution in [0.5, 0.6) is 5.75 Å². The van der Waals surface area contributed by atoms with Gasteiger partial charge in [-0.1, -0.05) is 18.9 Å². The number of carbonyl (C=O) groups is 1. The van der Waals surface area contributed by atoms with E-state index in [1.165, 1.54) is 19.3 Å². The smallest absolute Gasteiger partial charge is 0.230 e. The number of thioether (sulfide) groups is 1. The number of fused-ring (bicyclic) bond motifs is 1. The molecular weight excluding hydrogens is 320 g/mol. The summed E-state index contributed by atoms with van der Waals surface area (Å²) in [5, 5.41) is 3.47. The van der Waals surface area contributed by atoms with Gasteiger partial charge in [-0.2, -0.15) is 0 Å². The lowest BCUT2D eigenvalue weighted by Gasteiger charge is -2.39. The average Bonchev–Trinajstić information content (AvgIpc) is 3.06. The molecule has 4 nitrogen and oxygen atoms in total. The SMILES string of the molecule is COc1cc(CN(C)C(=O)[C@@]23CCCC[C@H]2CNC3)ccc1SC. The minimum absolute atomic E-state index is 0.170. The van der Waals surface area contributed by atoms with Gasteiger partial charge in [0.15, 0.2) is 0 Å². The van der Waals surface area contributed by atoms with Gasteiger partial charge >= 0.3 is 0 Å². The van der Waals surface area contributed by atoms with Crippen LogP contribution in [0.25, 0.3) is 0 Å². The molecule has 0 radical (unpaired) electrons. The molecule has 24 heavy (non-hydrogen) atoms. The number of benzene rings is 1. The molecule has 1 saturated carbocycles. The third-order valence-corrected chi connectivity index (χ3v) is 6.46. The Kier molecular flexibility index (Phi) is 5.40. The lowest BCUT2D eigenvalue weighted by Crippen LogP contribution is -2.48. The number of carbonyl (C=O) groups excluding carboxylic acids is 1. The summed E-state index contributed by atoms with van der Waals surface area (Å²) in [6.45, 7) is 2.48. The van der Waals surface area contributed by atoms with Crippen molar-refractivity contribution in [2.45, 2.75) is 37.1 Å². The molecule has 0 unspecified atom stereocenters. The summed E-state index contributed by atoms with van der Waals surface area (Å²) in [5.41, 5.74) is 0.950. The molecule has 0 spiro atoms. The quantitative estimate of drug-likeness (QED) is 0.830. The van der Waals surface area contributed by atoms with Crippen LogP contribution in [0.2, 0.25) is 0 Å². The number of ether oxygens (including phenoxy) is 1. The first-order valence-corrected chi connectivity index (χ1v) is 10.0. The zero-order valence-electron chi connectivity index (χ0n) is 14.9. The number of nitrogens with zero attached hydrogens (tertiary/aromatic N) is 1. The average molecular weight is 349 g/mol. The Morgan fingerprint density at radius 1 is 1.46 bits per heavy atom. The minimum Gasteiger partial charge on any atom is -0.496 e. The molecule has 1 N–H and O–H groups in total. The molecule has 3 rings (SSSR count). The van der Waals surface area contributed by atoms with E-state index in [-0.39, 0.29) is 5.41 Å². The van der Waals surface area contributed by atoms with Gasteiger partial charge in [0.25, 0.3) is 0 Å². The summed E-state index contributed by atoms with van der Waals surface area (Å²) >= 11 is 1.67. The minimum atomic E-state index is -0.170. The lowest BCUT2D eigenvalue weighted by molar-refractivity contribution is -0.144. The van der Waals surface area contributed by atoms with Gasteiger partial charge in [0.2, 0.25) is 5.91 Å². The van der Waals surface area contributed by atoms with E-state index in [2.05, 4.69) is 23.5 Å². The fraction of sp³-hybridized carbons (Fsp3) is 0.632. The fourth-order valence-electron chi connectivity index (χ4n) is 4.37. The molecule has 1 aliphatic carbocycles. The maximum Gasteiger partial charge on any atom is 0.230 e. The Labute approximate surface area is 149 Å². The van der Waals surface area contributed by atoms with Crippen LogP contribution in [0.1, 0.15) is 31.2 Å². The summed E-state index contributed by atoms with van der Waals surface area (Å²) in [4.78, 5) is 16.3. The zero-order chi connectivity index (χ0) is 17.2. The van der Waals surface area contributed by atoms with E-state index in [0.717, 1.165) is 35.7 Å². The Balaban J connectivity index is 1.74. The van der Waals surface area contributed by atoms with Gasteiger partial charge in [-0.15, -0.1) is 11.8 Å². The molecule has 2 aliphatic rings. The first-order valence-electron chi connectivity index (χ1n) is 8.78. The van der Waals surface area contributed by atoms with Crippen molar-refractivity contribution < 1.29 is 9.53 Å². The number of rotatable bonds is 5. The van der Waals surface area contributed by atoms with E-state index >= 15 is 0 Å². The predicted molar refractivity (Wildman–Crippen MR) is 98.5 cm³/mol. The van der Waals surface area contributed by atoms with Crippen molar-refractivity contribution in [3.05, 3.63) is 23.8 Å². The van der Waals surface area contributed by atoms with Gasteiger partial charge in [-0.25, -0.2) is 0 Å². The Morgan fingerprint density at radius 3 is 3.04 bits per heavy atom. The van der Waals surface area contributed by atoms with Gasteiger partial charge < -0.3 is 15.0 Å². The van der Waals surface area contributed by atoms with Gasteiger partial charge in [-0.05, 0) is 49.3 Å². The van der Waals surface area contributed by atoms with Crippen LogP contribution in [0.4, 0.5) is 0 Å². The van der Waals surface area contributed by atoms with Crippen molar-refractivity contribution in [3.8, 4) is 5.75 Å². The molecule has 0 aromatic heterocycles. The molecular formula is C19H28N2O2S. The Morgan fingerprint density at radius 2 is 2.29 bits per heavy atom. The molecule has 5 heteroatoms. The largest absolute Gasteiger partial charge is 0.496 e. The van der Waals surface area contributed by atoms with Crippen LogP contribution in [0.15, 0.2) is 23.1 Å². The van der Waals surface area contributed by atoms with Crippen LogP contribution in [0.3, 0.4) is 0 Å². The predicted octanol–water partition coefficient (Wildman–Crippen LogP) is 3.16. The summed E-state index contributed by atoms with van der Waals surface area (Å²) in [6.07, 6.45) is 6.69. The first kappa shape index (κ1) is 17.6. The van der Waals surface area contributed by atoms with E-state index in [0.29, 0.717) is 18.4 Å². The third kappa shape index (κ3) is 3.16. The Hall–Kier alpha value is -1.20. The van der Waals surface area contributed by atoms with Gasteiger partial charge in [0.1, 0.15) is 5.75 Å². The molecule has 2 atom stereocenters. The molecule has 1 saturated heterocycles. The highest BCUT2D eigenvalue weighted by atomic mass is 32.2. The van der Waals surface area contributed by atoms with Crippen molar-refractivity contribution in [3.63, 3.8) is 0 Å². The monoisotopic (exact) mass is 348 g/mol. The van der Waals surface area contributed by atoms with Crippen LogP contribution in [0, 0.1) is 11.3 Å². The van der Waals surface area contributed by atoms with E-state index in [1.54, 1.807) is 18.9 Å². The molecule has 2 fully saturated rings. The van der Waals surface area contributed by atoms with E-state index in [9.17, 15) is 4.79 Å². The van der Waals surface area contributed by atoms with Crippen LogP contribution in [-0.4, -0.2) is 44.3 Å². The molecule has 1 aliphatic heterocycles. The number of amides is 1. The molecule has 1 aromatic rings. The molecule has 1 amide bonds. The molecule has 1 aromatic carbocycles. The van der Waals surface area contributed by atoms with Gasteiger partial charge in [-0.3, -0.25) is 4.79 Å². The van der Waals surface area contributed by atoms with Crippen LogP contribution in [-0.2, 0) is 11.3 Å². The second-order valence-corrected chi connectivity index (χ2v) is 7.93. The second kappa shape index (κ2) is 7.36. The number of methoxy groups -OCH3 is 1. The summed E-state index contributed by atoms with van der Waals surface area (Å²) in [7, 11) is 3.64. The highest BCUT2D eigenvalue weighted by Gasteiger charge is 2.50. The summed E-state index contributed by atoms with van der Waals surface area (Å²) in [5.74, 6) is 1.71. The summed E-state index contributed by atoms with van der Waals surface area (Å²) in [6, 6.07) is 6.23. The van der Waals surface area contributed by atoms with E-state index in [1.807, 2.05) is 18.2 Å². The number of nitrogens with one attached hydrogen (secondary N) is 1. The van der Waals surface area contributed by atoms with Gasteiger partial charge in [0.05, 0.1) is 12.5 Å². The first-order chi connectivity index (χ1) is 11.6. The maximum atomic E-state index is 13.2. The molecule has 0 bridgehead atoms. The molecule has 1 heterocycles. The second-order valence-electron chi connectivity index (χ2n) is 7.08. The number of hydrogen-bond donors (Lipinski definition) is 1. The summed E-state index contributed by atoms with van der Waals surface area (Å²) < 4.78 is 5.47.